The van der Waals surface area contributed by atoms with Gasteiger partial charge in [-0.1, -0.05) is 30.3 Å². The zero-order valence-electron chi connectivity index (χ0n) is 15.4. The molecular weight excluding hydrogens is 342 g/mol. The Morgan fingerprint density at radius 1 is 0.926 bits per heavy atom. The first-order chi connectivity index (χ1) is 13.3. The molecule has 0 aromatic heterocycles. The van der Waals surface area contributed by atoms with Gasteiger partial charge in [-0.3, -0.25) is 4.90 Å². The first-order valence-corrected chi connectivity index (χ1v) is 9.47. The van der Waals surface area contributed by atoms with Crippen LogP contribution in [-0.4, -0.2) is 30.8 Å². The summed E-state index contributed by atoms with van der Waals surface area (Å²) in [6, 6.07) is 13.8. The highest BCUT2D eigenvalue weighted by Gasteiger charge is 2.15. The van der Waals surface area contributed by atoms with Crippen LogP contribution in [0.1, 0.15) is 29.5 Å². The number of benzene rings is 2. The van der Waals surface area contributed by atoms with Crippen LogP contribution in [0.5, 0.6) is 11.5 Å². The molecule has 2 N–H and O–H groups in total. The van der Waals surface area contributed by atoms with Crippen LogP contribution >= 0.6 is 0 Å². The molecule has 1 saturated heterocycles. The molecule has 27 heavy (non-hydrogen) atoms. The van der Waals surface area contributed by atoms with Crippen LogP contribution in [0.3, 0.4) is 0 Å². The van der Waals surface area contributed by atoms with Crippen molar-refractivity contribution in [3.63, 3.8) is 0 Å². The number of fused-ring (bicyclic) bond motifs is 1. The highest BCUT2D eigenvalue weighted by molar-refractivity contribution is 5.73. The van der Waals surface area contributed by atoms with E-state index in [4.69, 9.17) is 9.47 Å². The minimum absolute atomic E-state index is 0.177. The fourth-order valence-electron chi connectivity index (χ4n) is 3.54. The Hall–Kier alpha value is -2.73. The van der Waals surface area contributed by atoms with Gasteiger partial charge in [-0.2, -0.15) is 0 Å². The number of rotatable bonds is 6. The number of amides is 2. The summed E-state index contributed by atoms with van der Waals surface area (Å²) in [6.45, 7) is 4.50. The van der Waals surface area contributed by atoms with E-state index in [-0.39, 0.29) is 12.8 Å². The maximum Gasteiger partial charge on any atom is 0.315 e. The zero-order valence-corrected chi connectivity index (χ0v) is 15.4. The SMILES string of the molecule is O=C(NCc1ccc2c(c1)OCO2)NCc1ccccc1CN1CCCC1. The summed E-state index contributed by atoms with van der Waals surface area (Å²) in [5.74, 6) is 1.48. The molecular formula is C21H25N3O3. The van der Waals surface area contributed by atoms with Crippen molar-refractivity contribution < 1.29 is 14.3 Å². The molecule has 2 aromatic carbocycles. The molecule has 0 aliphatic carbocycles. The lowest BCUT2D eigenvalue weighted by molar-refractivity contribution is 0.174. The van der Waals surface area contributed by atoms with Gasteiger partial charge in [-0.15, -0.1) is 0 Å². The smallest absolute Gasteiger partial charge is 0.315 e. The molecule has 2 amide bonds. The maximum atomic E-state index is 12.2. The average Bonchev–Trinajstić information content (AvgIpc) is 3.37. The maximum absolute atomic E-state index is 12.2. The third-order valence-electron chi connectivity index (χ3n) is 5.04. The fraction of sp³-hybridized carbons (Fsp3) is 0.381. The molecule has 0 spiro atoms. The van der Waals surface area contributed by atoms with Crippen LogP contribution in [0.15, 0.2) is 42.5 Å². The largest absolute Gasteiger partial charge is 0.454 e. The summed E-state index contributed by atoms with van der Waals surface area (Å²) >= 11 is 0. The van der Waals surface area contributed by atoms with Gasteiger partial charge in [0.2, 0.25) is 6.79 Å². The number of ether oxygens (including phenoxy) is 2. The van der Waals surface area contributed by atoms with Crippen LogP contribution in [0, 0.1) is 0 Å². The Balaban J connectivity index is 1.28. The van der Waals surface area contributed by atoms with Crippen LogP contribution < -0.4 is 20.1 Å². The van der Waals surface area contributed by atoms with Crippen molar-refractivity contribution in [3.05, 3.63) is 59.2 Å². The summed E-state index contributed by atoms with van der Waals surface area (Å²) < 4.78 is 10.7. The summed E-state index contributed by atoms with van der Waals surface area (Å²) in [6.07, 6.45) is 2.56. The predicted molar refractivity (Wildman–Crippen MR) is 103 cm³/mol. The van der Waals surface area contributed by atoms with Crippen LogP contribution in [0.4, 0.5) is 4.79 Å². The predicted octanol–water partition coefficient (Wildman–Crippen LogP) is 3.01. The summed E-state index contributed by atoms with van der Waals surface area (Å²) in [4.78, 5) is 14.7. The molecule has 2 aromatic rings. The number of hydrogen-bond donors (Lipinski definition) is 2. The first kappa shape index (κ1) is 17.7. The van der Waals surface area contributed by atoms with Gasteiger partial charge in [-0.25, -0.2) is 4.79 Å². The average molecular weight is 367 g/mol. The summed E-state index contributed by atoms with van der Waals surface area (Å²) in [5.41, 5.74) is 3.43. The van der Waals surface area contributed by atoms with E-state index < -0.39 is 0 Å². The lowest BCUT2D eigenvalue weighted by Gasteiger charge is -2.18. The van der Waals surface area contributed by atoms with Crippen LogP contribution in [-0.2, 0) is 19.6 Å². The van der Waals surface area contributed by atoms with E-state index in [0.29, 0.717) is 13.1 Å². The van der Waals surface area contributed by atoms with E-state index in [1.807, 2.05) is 24.3 Å². The van der Waals surface area contributed by atoms with Crippen molar-refractivity contribution in [3.8, 4) is 11.5 Å². The normalized spacial score (nSPS) is 15.7. The number of carbonyl (C=O) groups is 1. The topological polar surface area (TPSA) is 62.8 Å². The Morgan fingerprint density at radius 2 is 1.67 bits per heavy atom. The lowest BCUT2D eigenvalue weighted by atomic mass is 10.1. The van der Waals surface area contributed by atoms with E-state index in [9.17, 15) is 4.79 Å². The van der Waals surface area contributed by atoms with Crippen molar-refractivity contribution in [1.29, 1.82) is 0 Å². The number of urea groups is 1. The Kier molecular flexibility index (Phi) is 5.44. The summed E-state index contributed by atoms with van der Waals surface area (Å²) in [7, 11) is 0. The van der Waals surface area contributed by atoms with Gasteiger partial charge in [0.25, 0.3) is 0 Å². The Labute approximate surface area is 159 Å². The quantitative estimate of drug-likeness (QED) is 0.824. The Bertz CT molecular complexity index is 803. The number of carbonyl (C=O) groups excluding carboxylic acids is 1. The molecule has 142 valence electrons. The lowest BCUT2D eigenvalue weighted by Crippen LogP contribution is -2.35. The van der Waals surface area contributed by atoms with E-state index in [0.717, 1.165) is 36.7 Å². The van der Waals surface area contributed by atoms with Gasteiger partial charge >= 0.3 is 6.03 Å². The molecule has 0 bridgehead atoms. The standard InChI is InChI=1S/C21H25N3O3/c25-21(22-12-16-7-8-19-20(11-16)27-15-26-19)23-13-17-5-1-2-6-18(17)14-24-9-3-4-10-24/h1-2,5-8,11H,3-4,9-10,12-15H2,(H2,22,23,25). The van der Waals surface area contributed by atoms with Gasteiger partial charge in [0.15, 0.2) is 11.5 Å². The minimum atomic E-state index is -0.177. The molecule has 0 radical (unpaired) electrons. The molecule has 6 nitrogen and oxygen atoms in total. The molecule has 0 atom stereocenters. The molecule has 2 aliphatic heterocycles. The molecule has 2 aliphatic rings. The number of hydrogen-bond acceptors (Lipinski definition) is 4. The third kappa shape index (κ3) is 4.52. The summed E-state index contributed by atoms with van der Waals surface area (Å²) in [5, 5.41) is 5.86. The van der Waals surface area contributed by atoms with Crippen molar-refractivity contribution >= 4 is 6.03 Å². The highest BCUT2D eigenvalue weighted by Crippen LogP contribution is 2.32. The molecule has 2 heterocycles. The number of nitrogens with zero attached hydrogens (tertiary/aromatic N) is 1. The number of nitrogens with one attached hydrogen (secondary N) is 2. The first-order valence-electron chi connectivity index (χ1n) is 9.47. The van der Waals surface area contributed by atoms with E-state index in [1.54, 1.807) is 0 Å². The second kappa shape index (κ2) is 8.31. The van der Waals surface area contributed by atoms with Crippen molar-refractivity contribution in [2.45, 2.75) is 32.5 Å². The van der Waals surface area contributed by atoms with Crippen LogP contribution in [0.25, 0.3) is 0 Å². The number of likely N-dealkylation sites (tertiary alicyclic amines) is 1. The second-order valence-corrected chi connectivity index (χ2v) is 6.98. The van der Waals surface area contributed by atoms with E-state index in [1.165, 1.54) is 24.0 Å². The third-order valence-corrected chi connectivity index (χ3v) is 5.04. The molecule has 4 rings (SSSR count). The minimum Gasteiger partial charge on any atom is -0.454 e. The van der Waals surface area contributed by atoms with Gasteiger partial charge in [-0.05, 0) is 54.8 Å². The monoisotopic (exact) mass is 367 g/mol. The molecule has 6 heteroatoms. The van der Waals surface area contributed by atoms with Crippen molar-refractivity contribution in [2.24, 2.45) is 0 Å². The van der Waals surface area contributed by atoms with E-state index in [2.05, 4.69) is 33.7 Å². The second-order valence-electron chi connectivity index (χ2n) is 6.98. The molecule has 0 saturated carbocycles. The van der Waals surface area contributed by atoms with Crippen molar-refractivity contribution in [2.75, 3.05) is 19.9 Å². The molecule has 0 unspecified atom stereocenters. The van der Waals surface area contributed by atoms with E-state index >= 15 is 0 Å². The van der Waals surface area contributed by atoms with Gasteiger partial charge in [0, 0.05) is 19.6 Å². The van der Waals surface area contributed by atoms with Gasteiger partial charge < -0.3 is 20.1 Å². The van der Waals surface area contributed by atoms with Gasteiger partial charge in [0.05, 0.1) is 0 Å². The van der Waals surface area contributed by atoms with Gasteiger partial charge in [0.1, 0.15) is 0 Å². The fourth-order valence-corrected chi connectivity index (χ4v) is 3.54. The highest BCUT2D eigenvalue weighted by atomic mass is 16.7. The molecule has 1 fully saturated rings. The van der Waals surface area contributed by atoms with Crippen molar-refractivity contribution in [1.82, 2.24) is 15.5 Å². The zero-order chi connectivity index (χ0) is 18.5. The Morgan fingerprint density at radius 3 is 2.52 bits per heavy atom. The van der Waals surface area contributed by atoms with Crippen LogP contribution in [0.2, 0.25) is 0 Å².